The minimum atomic E-state index is -0.790. The molecule has 0 aliphatic carbocycles. The first-order chi connectivity index (χ1) is 12.4. The van der Waals surface area contributed by atoms with Crippen LogP contribution in [0.4, 0.5) is 11.4 Å². The van der Waals surface area contributed by atoms with E-state index in [0.29, 0.717) is 12.1 Å². The molecule has 0 spiro atoms. The Morgan fingerprint density at radius 1 is 1.12 bits per heavy atom. The maximum Gasteiger partial charge on any atom is 0.329 e. The molecule has 5 heteroatoms. The average molecular weight is 352 g/mol. The van der Waals surface area contributed by atoms with Gasteiger partial charge >= 0.3 is 5.97 Å². The van der Waals surface area contributed by atoms with Gasteiger partial charge in [-0.3, -0.25) is 9.69 Å². The number of anilines is 2. The quantitative estimate of drug-likeness (QED) is 0.833. The van der Waals surface area contributed by atoms with E-state index in [2.05, 4.69) is 5.32 Å². The zero-order valence-electron chi connectivity index (χ0n) is 15.4. The zero-order chi connectivity index (χ0) is 18.7. The van der Waals surface area contributed by atoms with Gasteiger partial charge in [0.25, 0.3) is 5.91 Å². The van der Waals surface area contributed by atoms with Crippen LogP contribution in [0.25, 0.3) is 0 Å². The van der Waals surface area contributed by atoms with E-state index in [1.54, 1.807) is 4.90 Å². The number of benzene rings is 2. The van der Waals surface area contributed by atoms with E-state index >= 15 is 0 Å². The molecule has 0 saturated carbocycles. The van der Waals surface area contributed by atoms with Crippen LogP contribution in [0, 0.1) is 0 Å². The molecule has 1 atom stereocenters. The Balaban J connectivity index is 1.86. The van der Waals surface area contributed by atoms with Gasteiger partial charge in [-0.15, -0.1) is 0 Å². The first-order valence-electron chi connectivity index (χ1n) is 8.85. The molecule has 3 rings (SSSR count). The largest absolute Gasteiger partial charge is 0.459 e. The number of hydrogen-bond acceptors (Lipinski definition) is 4. The number of carbonyl (C=O) groups is 2. The van der Waals surface area contributed by atoms with Crippen LogP contribution in [0.1, 0.15) is 32.8 Å². The molecule has 2 aromatic rings. The van der Waals surface area contributed by atoms with Crippen molar-refractivity contribution in [2.45, 2.75) is 45.4 Å². The smallest absolute Gasteiger partial charge is 0.329 e. The van der Waals surface area contributed by atoms with Crippen LogP contribution in [0.2, 0.25) is 0 Å². The van der Waals surface area contributed by atoms with E-state index in [4.69, 9.17) is 4.74 Å². The first kappa shape index (κ1) is 18.0. The molecule has 1 aliphatic rings. The first-order valence-corrected chi connectivity index (χ1v) is 8.85. The van der Waals surface area contributed by atoms with Crippen LogP contribution in [0.15, 0.2) is 54.6 Å². The Labute approximate surface area is 154 Å². The normalized spacial score (nSPS) is 16.4. The number of para-hydroxylation sites is 2. The molecule has 0 fully saturated rings. The van der Waals surface area contributed by atoms with Gasteiger partial charge in [-0.1, -0.05) is 49.4 Å². The van der Waals surface area contributed by atoms with Gasteiger partial charge in [-0.05, 0) is 38.0 Å². The molecule has 5 nitrogen and oxygen atoms in total. The predicted octanol–water partition coefficient (Wildman–Crippen LogP) is 3.75. The highest BCUT2D eigenvalue weighted by Gasteiger charge is 2.43. The van der Waals surface area contributed by atoms with E-state index in [1.807, 2.05) is 75.4 Å². The summed E-state index contributed by atoms with van der Waals surface area (Å²) in [4.78, 5) is 27.4. The lowest BCUT2D eigenvalue weighted by molar-refractivity contribution is -0.148. The SMILES string of the molecule is CCC(C(=O)OCc1ccccc1)N1C(=O)C(C)(C)Nc2ccccc21. The molecule has 1 aliphatic heterocycles. The molecule has 1 amide bonds. The lowest BCUT2D eigenvalue weighted by Crippen LogP contribution is -2.59. The summed E-state index contributed by atoms with van der Waals surface area (Å²) < 4.78 is 5.51. The van der Waals surface area contributed by atoms with Crippen LogP contribution in [-0.2, 0) is 20.9 Å². The number of fused-ring (bicyclic) bond motifs is 1. The lowest BCUT2D eigenvalue weighted by Gasteiger charge is -2.42. The molecular weight excluding hydrogens is 328 g/mol. The van der Waals surface area contributed by atoms with Crippen LogP contribution >= 0.6 is 0 Å². The fourth-order valence-corrected chi connectivity index (χ4v) is 3.18. The summed E-state index contributed by atoms with van der Waals surface area (Å²) in [6, 6.07) is 16.4. The minimum Gasteiger partial charge on any atom is -0.459 e. The van der Waals surface area contributed by atoms with Gasteiger partial charge in [-0.2, -0.15) is 0 Å². The highest BCUT2D eigenvalue weighted by Crippen LogP contribution is 2.37. The van der Waals surface area contributed by atoms with Crippen molar-refractivity contribution >= 4 is 23.3 Å². The number of carbonyl (C=O) groups excluding carboxylic acids is 2. The fraction of sp³-hybridized carbons (Fsp3) is 0.333. The maximum atomic E-state index is 13.0. The molecular formula is C21H24N2O3. The molecule has 0 radical (unpaired) electrons. The highest BCUT2D eigenvalue weighted by atomic mass is 16.5. The van der Waals surface area contributed by atoms with Crippen LogP contribution in [-0.4, -0.2) is 23.5 Å². The number of nitrogens with one attached hydrogen (secondary N) is 1. The average Bonchev–Trinajstić information content (AvgIpc) is 2.64. The predicted molar refractivity (Wildman–Crippen MR) is 102 cm³/mol. The summed E-state index contributed by atoms with van der Waals surface area (Å²) in [6.07, 6.45) is 0.476. The van der Waals surface area contributed by atoms with Crippen LogP contribution < -0.4 is 10.2 Å². The van der Waals surface area contributed by atoms with Crippen molar-refractivity contribution in [1.82, 2.24) is 0 Å². The van der Waals surface area contributed by atoms with Crippen LogP contribution in [0.3, 0.4) is 0 Å². The van der Waals surface area contributed by atoms with Crippen molar-refractivity contribution in [3.05, 3.63) is 60.2 Å². The van der Waals surface area contributed by atoms with Crippen molar-refractivity contribution in [3.63, 3.8) is 0 Å². The standard InChI is InChI=1S/C21H24N2O3/c1-4-17(19(24)26-14-15-10-6-5-7-11-15)23-18-13-9-8-12-16(18)22-21(2,3)20(23)25/h5-13,17,22H,4,14H2,1-3H3. The van der Waals surface area contributed by atoms with Gasteiger partial charge in [0.2, 0.25) is 0 Å². The molecule has 136 valence electrons. The Morgan fingerprint density at radius 2 is 1.77 bits per heavy atom. The fourth-order valence-electron chi connectivity index (χ4n) is 3.18. The molecule has 2 aromatic carbocycles. The summed E-state index contributed by atoms with van der Waals surface area (Å²) in [7, 11) is 0. The summed E-state index contributed by atoms with van der Waals surface area (Å²) in [5, 5.41) is 3.25. The third-order valence-electron chi connectivity index (χ3n) is 4.56. The number of nitrogens with zero attached hydrogens (tertiary/aromatic N) is 1. The van der Waals surface area contributed by atoms with Gasteiger partial charge in [-0.25, -0.2) is 4.79 Å². The van der Waals surface area contributed by atoms with Gasteiger partial charge in [0.1, 0.15) is 18.2 Å². The molecule has 0 bridgehead atoms. The number of amides is 1. The molecule has 0 aromatic heterocycles. The van der Waals surface area contributed by atoms with Crippen molar-refractivity contribution in [1.29, 1.82) is 0 Å². The molecule has 0 saturated heterocycles. The minimum absolute atomic E-state index is 0.139. The Hall–Kier alpha value is -2.82. The third-order valence-corrected chi connectivity index (χ3v) is 4.56. The van der Waals surface area contributed by atoms with E-state index in [0.717, 1.165) is 11.3 Å². The molecule has 1 N–H and O–H groups in total. The van der Waals surface area contributed by atoms with E-state index in [-0.39, 0.29) is 12.5 Å². The van der Waals surface area contributed by atoms with Gasteiger partial charge < -0.3 is 10.1 Å². The van der Waals surface area contributed by atoms with Crippen molar-refractivity contribution in [3.8, 4) is 0 Å². The van der Waals surface area contributed by atoms with E-state index in [9.17, 15) is 9.59 Å². The molecule has 1 heterocycles. The van der Waals surface area contributed by atoms with Gasteiger partial charge in [0.15, 0.2) is 0 Å². The summed E-state index contributed by atoms with van der Waals surface area (Å²) >= 11 is 0. The van der Waals surface area contributed by atoms with Crippen molar-refractivity contribution in [2.24, 2.45) is 0 Å². The Bertz CT molecular complexity index is 802. The number of ether oxygens (including phenoxy) is 1. The number of hydrogen-bond donors (Lipinski definition) is 1. The van der Waals surface area contributed by atoms with E-state index < -0.39 is 17.6 Å². The maximum absolute atomic E-state index is 13.0. The Kier molecular flexibility index (Phi) is 4.98. The highest BCUT2D eigenvalue weighted by molar-refractivity contribution is 6.10. The zero-order valence-corrected chi connectivity index (χ0v) is 15.4. The third kappa shape index (κ3) is 3.43. The summed E-state index contributed by atoms with van der Waals surface area (Å²) in [5.41, 5.74) is 1.68. The molecule has 1 unspecified atom stereocenters. The second-order valence-electron chi connectivity index (χ2n) is 6.96. The summed E-state index contributed by atoms with van der Waals surface area (Å²) in [5.74, 6) is -0.531. The van der Waals surface area contributed by atoms with Crippen molar-refractivity contribution < 1.29 is 14.3 Å². The lowest BCUT2D eigenvalue weighted by atomic mass is 9.95. The topological polar surface area (TPSA) is 58.6 Å². The van der Waals surface area contributed by atoms with E-state index in [1.165, 1.54) is 0 Å². The Morgan fingerprint density at radius 3 is 2.46 bits per heavy atom. The number of rotatable bonds is 5. The van der Waals surface area contributed by atoms with Gasteiger partial charge in [0.05, 0.1) is 11.4 Å². The second kappa shape index (κ2) is 7.20. The monoisotopic (exact) mass is 352 g/mol. The van der Waals surface area contributed by atoms with Crippen molar-refractivity contribution in [2.75, 3.05) is 10.2 Å². The van der Waals surface area contributed by atoms with Gasteiger partial charge in [0, 0.05) is 0 Å². The van der Waals surface area contributed by atoms with Crippen LogP contribution in [0.5, 0.6) is 0 Å². The second-order valence-corrected chi connectivity index (χ2v) is 6.96. The number of esters is 1. The summed E-state index contributed by atoms with van der Waals surface area (Å²) in [6.45, 7) is 5.72. The molecule has 26 heavy (non-hydrogen) atoms.